The number of phenols is 2. The summed E-state index contributed by atoms with van der Waals surface area (Å²) < 4.78 is 0. The Bertz CT molecular complexity index is 1970. The number of amides is 2. The monoisotopic (exact) mass is 869 g/mol. The van der Waals surface area contributed by atoms with Crippen molar-refractivity contribution in [2.24, 2.45) is 0 Å². The molecule has 2 aliphatic heterocycles. The number of carbonyl (C=O) groups is 2. The van der Waals surface area contributed by atoms with Crippen LogP contribution in [0.1, 0.15) is 121 Å². The summed E-state index contributed by atoms with van der Waals surface area (Å²) in [7, 11) is 0. The van der Waals surface area contributed by atoms with Crippen molar-refractivity contribution in [1.29, 1.82) is 0 Å². The Morgan fingerprint density at radius 1 is 0.547 bits per heavy atom. The number of aromatic hydroxyl groups is 2. The van der Waals surface area contributed by atoms with Crippen molar-refractivity contribution in [3.05, 3.63) is 156 Å². The van der Waals surface area contributed by atoms with E-state index in [9.17, 15) is 19.8 Å². The van der Waals surface area contributed by atoms with E-state index in [0.29, 0.717) is 36.3 Å². The Morgan fingerprint density at radius 2 is 0.922 bits per heavy atom. The molecule has 0 saturated carbocycles. The summed E-state index contributed by atoms with van der Waals surface area (Å²) in [5.74, 6) is 0.367. The molecule has 2 heterocycles. The Kier molecular flexibility index (Phi) is 17.8. The van der Waals surface area contributed by atoms with Gasteiger partial charge >= 0.3 is 0 Å². The molecule has 342 valence electrons. The lowest BCUT2D eigenvalue weighted by Crippen LogP contribution is -2.57. The molecule has 6 atom stereocenters. The highest BCUT2D eigenvalue weighted by Gasteiger charge is 2.36. The average Bonchev–Trinajstić information content (AvgIpc) is 3.28. The summed E-state index contributed by atoms with van der Waals surface area (Å²) in [6.07, 6.45) is 9.99. The van der Waals surface area contributed by atoms with Crippen molar-refractivity contribution < 1.29 is 19.8 Å². The van der Waals surface area contributed by atoms with E-state index in [2.05, 4.69) is 107 Å². The second-order valence-electron chi connectivity index (χ2n) is 18.1. The van der Waals surface area contributed by atoms with E-state index in [1.54, 1.807) is 12.1 Å². The van der Waals surface area contributed by atoms with Gasteiger partial charge in [-0.1, -0.05) is 86.4 Å². The maximum atomic E-state index is 13.1. The number of hydrogen-bond donors (Lipinski definition) is 4. The van der Waals surface area contributed by atoms with Crippen LogP contribution in [0.4, 0.5) is 0 Å². The fourth-order valence-corrected chi connectivity index (χ4v) is 9.75. The molecular weight excluding hydrogens is 797 g/mol. The first-order chi connectivity index (χ1) is 31.0. The predicted octanol–water partition coefficient (Wildman–Crippen LogP) is 8.94. The maximum Gasteiger partial charge on any atom is 0.251 e. The Labute approximate surface area is 382 Å². The molecule has 64 heavy (non-hydrogen) atoms. The van der Waals surface area contributed by atoms with Crippen LogP contribution >= 0.6 is 0 Å². The van der Waals surface area contributed by atoms with Crippen molar-refractivity contribution in [2.75, 3.05) is 52.4 Å². The van der Waals surface area contributed by atoms with Crippen LogP contribution in [-0.4, -0.2) is 118 Å². The van der Waals surface area contributed by atoms with E-state index in [4.69, 9.17) is 0 Å². The average molecular weight is 869 g/mol. The molecule has 2 saturated heterocycles. The molecule has 0 aromatic heterocycles. The molecule has 0 unspecified atom stereocenters. The summed E-state index contributed by atoms with van der Waals surface area (Å²) >= 11 is 0. The molecule has 2 amide bonds. The number of carbonyl (C=O) groups excluding carboxylic acids is 2. The van der Waals surface area contributed by atoms with Gasteiger partial charge in [-0.25, -0.2) is 0 Å². The Hall–Kier alpha value is -5.26. The number of unbranched alkanes of at least 4 members (excludes halogenated alkanes) is 5. The number of piperazine rings is 2. The van der Waals surface area contributed by atoms with E-state index in [1.165, 1.54) is 0 Å². The van der Waals surface area contributed by atoms with Crippen molar-refractivity contribution in [2.45, 2.75) is 102 Å². The molecule has 2 fully saturated rings. The summed E-state index contributed by atoms with van der Waals surface area (Å²) in [6, 6.07) is 32.1. The fourth-order valence-electron chi connectivity index (χ4n) is 9.75. The SMILES string of the molecule is C=CCN1C[C@@H](C)N([C@H](c2ccc(C(=O)NCCCCCCCCNC(=O)c3ccc([C@H](c4cccc(O)c4)N4C[C@H](C)N(CC=C)C[C@H]4C)cc3)cc2)c2cccc(O)c2)C[C@@H]1C. The molecule has 2 aliphatic rings. The van der Waals surface area contributed by atoms with Gasteiger partial charge in [0.1, 0.15) is 11.5 Å². The van der Waals surface area contributed by atoms with Crippen LogP contribution < -0.4 is 10.6 Å². The predicted molar refractivity (Wildman–Crippen MR) is 260 cm³/mol. The van der Waals surface area contributed by atoms with Gasteiger partial charge < -0.3 is 20.8 Å². The van der Waals surface area contributed by atoms with Gasteiger partial charge in [0, 0.05) is 87.7 Å². The first-order valence-electron chi connectivity index (χ1n) is 23.5. The second kappa shape index (κ2) is 23.6. The fraction of sp³-hybridized carbons (Fsp3) is 0.444. The van der Waals surface area contributed by atoms with Gasteiger partial charge in [0.25, 0.3) is 11.8 Å². The van der Waals surface area contributed by atoms with Gasteiger partial charge in [0.05, 0.1) is 12.1 Å². The van der Waals surface area contributed by atoms with Gasteiger partial charge in [-0.2, -0.15) is 0 Å². The molecule has 4 aromatic carbocycles. The van der Waals surface area contributed by atoms with Crippen LogP contribution in [-0.2, 0) is 0 Å². The molecule has 6 rings (SSSR count). The minimum atomic E-state index is -0.0654. The quantitative estimate of drug-likeness (QED) is 0.0486. The van der Waals surface area contributed by atoms with Crippen molar-refractivity contribution in [3.8, 4) is 11.5 Å². The van der Waals surface area contributed by atoms with E-state index < -0.39 is 0 Å². The number of rotatable bonds is 21. The maximum absolute atomic E-state index is 13.1. The first kappa shape index (κ1) is 48.2. The van der Waals surface area contributed by atoms with Crippen molar-refractivity contribution in [3.63, 3.8) is 0 Å². The smallest absolute Gasteiger partial charge is 0.251 e. The topological polar surface area (TPSA) is 112 Å². The van der Waals surface area contributed by atoms with E-state index in [-0.39, 0.29) is 47.5 Å². The minimum absolute atomic E-state index is 0.0495. The Morgan fingerprint density at radius 3 is 1.28 bits per heavy atom. The number of nitrogens with zero attached hydrogens (tertiary/aromatic N) is 4. The van der Waals surface area contributed by atoms with Crippen molar-refractivity contribution >= 4 is 11.8 Å². The first-order valence-corrected chi connectivity index (χ1v) is 23.5. The standard InChI is InChI=1S/C54H72N6O4/c1-7-31-57-35-41(5)59(37-39(57)3)51(47-17-15-19-49(61)33-47)43-21-25-45(26-22-43)53(63)55-29-13-11-9-10-12-14-30-56-54(64)46-27-23-44(24-28-46)52(48-18-16-20-50(62)34-48)60-38-40(4)58(32-8-2)36-42(60)6/h7-8,15-28,33-34,39-42,51-52,61-62H,1-2,9-14,29-32,35-38H2,3-6H3,(H,55,63)(H,56,64)/t39-,40-,41+,42+,51+,52+/m0/s1. The number of nitrogens with one attached hydrogen (secondary N) is 2. The minimum Gasteiger partial charge on any atom is -0.508 e. The molecule has 10 heteroatoms. The van der Waals surface area contributed by atoms with Crippen LogP contribution in [0.5, 0.6) is 11.5 Å². The normalized spacial score (nSPS) is 20.9. The zero-order valence-electron chi connectivity index (χ0n) is 38.7. The molecule has 0 radical (unpaired) electrons. The third-order valence-corrected chi connectivity index (χ3v) is 13.2. The molecular formula is C54H72N6O4. The lowest BCUT2D eigenvalue weighted by atomic mass is 9.92. The van der Waals surface area contributed by atoms with E-state index >= 15 is 0 Å². The van der Waals surface area contributed by atoms with E-state index in [0.717, 1.165) is 100 Å². The molecule has 0 spiro atoms. The van der Waals surface area contributed by atoms with Crippen LogP contribution in [0, 0.1) is 0 Å². The highest BCUT2D eigenvalue weighted by atomic mass is 16.3. The molecule has 10 nitrogen and oxygen atoms in total. The zero-order valence-corrected chi connectivity index (χ0v) is 38.7. The van der Waals surface area contributed by atoms with Gasteiger partial charge in [0.15, 0.2) is 0 Å². The van der Waals surface area contributed by atoms with Gasteiger partial charge in [-0.15, -0.1) is 13.2 Å². The number of hydrogen-bond acceptors (Lipinski definition) is 8. The summed E-state index contributed by atoms with van der Waals surface area (Å²) in [5, 5.41) is 27.0. The lowest BCUT2D eigenvalue weighted by molar-refractivity contribution is 0.0306. The Balaban J connectivity index is 0.906. The number of phenolic OH excluding ortho intramolecular Hbond substituents is 2. The highest BCUT2D eigenvalue weighted by Crippen LogP contribution is 2.36. The van der Waals surface area contributed by atoms with Crippen LogP contribution in [0.15, 0.2) is 122 Å². The number of benzene rings is 4. The third-order valence-electron chi connectivity index (χ3n) is 13.2. The van der Waals surface area contributed by atoms with Crippen LogP contribution in [0.3, 0.4) is 0 Å². The van der Waals surface area contributed by atoms with Crippen LogP contribution in [0.25, 0.3) is 0 Å². The highest BCUT2D eigenvalue weighted by molar-refractivity contribution is 5.94. The van der Waals surface area contributed by atoms with Gasteiger partial charge in [-0.05, 0) is 111 Å². The summed E-state index contributed by atoms with van der Waals surface area (Å²) in [4.78, 5) is 36.2. The zero-order chi connectivity index (χ0) is 45.6. The molecule has 4 N–H and O–H groups in total. The third kappa shape index (κ3) is 12.7. The summed E-state index contributed by atoms with van der Waals surface area (Å²) in [5.41, 5.74) is 5.54. The van der Waals surface area contributed by atoms with E-state index in [1.807, 2.05) is 60.7 Å². The second-order valence-corrected chi connectivity index (χ2v) is 18.1. The van der Waals surface area contributed by atoms with Gasteiger partial charge in [-0.3, -0.25) is 29.2 Å². The lowest BCUT2D eigenvalue weighted by Gasteiger charge is -2.47. The molecule has 4 aromatic rings. The van der Waals surface area contributed by atoms with Crippen LogP contribution in [0.2, 0.25) is 0 Å². The molecule has 0 bridgehead atoms. The van der Waals surface area contributed by atoms with Gasteiger partial charge in [0.2, 0.25) is 0 Å². The molecule has 0 aliphatic carbocycles. The summed E-state index contributed by atoms with van der Waals surface area (Å²) in [6.45, 7) is 23.5. The van der Waals surface area contributed by atoms with Crippen molar-refractivity contribution in [1.82, 2.24) is 30.2 Å². The largest absolute Gasteiger partial charge is 0.508 e.